The molecule has 0 spiro atoms. The van der Waals surface area contributed by atoms with Gasteiger partial charge in [0.2, 0.25) is 6.79 Å². The molecule has 2 bridgehead atoms. The maximum Gasteiger partial charge on any atom is 0.231 e. The summed E-state index contributed by atoms with van der Waals surface area (Å²) in [5.74, 6) is 1.27. The molecule has 3 N–H and O–H groups in total. The van der Waals surface area contributed by atoms with Gasteiger partial charge >= 0.3 is 0 Å². The highest BCUT2D eigenvalue weighted by Crippen LogP contribution is 2.56. The van der Waals surface area contributed by atoms with E-state index in [4.69, 9.17) is 9.47 Å². The first kappa shape index (κ1) is 12.9. The Morgan fingerprint density at radius 1 is 1.14 bits per heavy atom. The van der Waals surface area contributed by atoms with Crippen LogP contribution in [0.1, 0.15) is 23.8 Å². The molecule has 1 aliphatic carbocycles. The topological polar surface area (TPSA) is 82.4 Å². The zero-order valence-corrected chi connectivity index (χ0v) is 11.8. The van der Waals surface area contributed by atoms with E-state index < -0.39 is 23.9 Å². The number of nitrogens with zero attached hydrogens (tertiary/aromatic N) is 1. The molecule has 6 atom stereocenters. The zero-order valence-electron chi connectivity index (χ0n) is 11.8. The van der Waals surface area contributed by atoms with E-state index in [1.807, 2.05) is 23.1 Å². The van der Waals surface area contributed by atoms with Crippen molar-refractivity contribution in [2.45, 2.75) is 36.3 Å². The Morgan fingerprint density at radius 2 is 1.91 bits per heavy atom. The fraction of sp³-hybridized carbons (Fsp3) is 0.500. The van der Waals surface area contributed by atoms with Crippen molar-refractivity contribution in [2.24, 2.45) is 0 Å². The van der Waals surface area contributed by atoms with Crippen LogP contribution in [0, 0.1) is 0 Å². The largest absolute Gasteiger partial charge is 0.454 e. The lowest BCUT2D eigenvalue weighted by atomic mass is 9.65. The van der Waals surface area contributed by atoms with Crippen LogP contribution in [-0.2, 0) is 5.41 Å². The summed E-state index contributed by atoms with van der Waals surface area (Å²) < 4.78 is 10.9. The first-order valence-electron chi connectivity index (χ1n) is 7.54. The van der Waals surface area contributed by atoms with E-state index in [0.717, 1.165) is 11.1 Å². The fourth-order valence-corrected chi connectivity index (χ4v) is 4.55. The van der Waals surface area contributed by atoms with Gasteiger partial charge in [-0.05, 0) is 24.1 Å². The molecule has 22 heavy (non-hydrogen) atoms. The van der Waals surface area contributed by atoms with Gasteiger partial charge in [-0.25, -0.2) is 0 Å². The molecule has 5 rings (SSSR count). The molecule has 3 aliphatic heterocycles. The van der Waals surface area contributed by atoms with Crippen LogP contribution in [0.4, 0.5) is 0 Å². The normalized spacial score (nSPS) is 43.9. The lowest BCUT2D eigenvalue weighted by Crippen LogP contribution is -2.53. The van der Waals surface area contributed by atoms with E-state index in [0.29, 0.717) is 24.5 Å². The maximum atomic E-state index is 10.7. The Morgan fingerprint density at radius 3 is 2.73 bits per heavy atom. The number of benzene rings is 1. The molecule has 3 heterocycles. The van der Waals surface area contributed by atoms with E-state index in [1.165, 1.54) is 0 Å². The van der Waals surface area contributed by atoms with Crippen LogP contribution in [0.25, 0.3) is 0 Å². The summed E-state index contributed by atoms with van der Waals surface area (Å²) in [6.45, 7) is 0.551. The van der Waals surface area contributed by atoms with Crippen LogP contribution in [0.3, 0.4) is 0 Å². The molecule has 0 radical (unpaired) electrons. The van der Waals surface area contributed by atoms with Crippen LogP contribution < -0.4 is 9.47 Å². The summed E-state index contributed by atoms with van der Waals surface area (Å²) in [6, 6.07) is 3.57. The number of hydrogen-bond acceptors (Lipinski definition) is 6. The van der Waals surface area contributed by atoms with E-state index in [-0.39, 0.29) is 12.8 Å². The van der Waals surface area contributed by atoms with E-state index in [1.54, 1.807) is 6.08 Å². The fourth-order valence-electron chi connectivity index (χ4n) is 4.55. The van der Waals surface area contributed by atoms with Crippen molar-refractivity contribution in [3.8, 4) is 11.5 Å². The standard InChI is InChI=1S/C16H17NO5/c18-8-1-2-16-10-5-12-11(21-7-22-12)4-9(10)15(20)17(6-14(16)19)13(16)3-8/h1-2,4-5,8,13-15,18-20H,3,6-7H2/t8-,13+,14?,15+,16+/m1/s1. The van der Waals surface area contributed by atoms with E-state index >= 15 is 0 Å². The summed E-state index contributed by atoms with van der Waals surface area (Å²) in [4.78, 5) is 1.88. The Bertz CT molecular complexity index is 689. The van der Waals surface area contributed by atoms with Crippen molar-refractivity contribution < 1.29 is 24.8 Å². The third-order valence-corrected chi connectivity index (χ3v) is 5.55. The van der Waals surface area contributed by atoms with Gasteiger partial charge in [0.25, 0.3) is 0 Å². The van der Waals surface area contributed by atoms with Crippen molar-refractivity contribution in [2.75, 3.05) is 13.3 Å². The highest BCUT2D eigenvalue weighted by molar-refractivity contribution is 5.57. The lowest BCUT2D eigenvalue weighted by molar-refractivity contribution is -0.0364. The van der Waals surface area contributed by atoms with E-state index in [9.17, 15) is 15.3 Å². The minimum Gasteiger partial charge on any atom is -0.454 e. The quantitative estimate of drug-likeness (QED) is 0.586. The molecule has 2 unspecified atom stereocenters. The van der Waals surface area contributed by atoms with Gasteiger partial charge in [0.1, 0.15) is 6.23 Å². The van der Waals surface area contributed by atoms with Crippen molar-refractivity contribution in [1.29, 1.82) is 0 Å². The smallest absolute Gasteiger partial charge is 0.231 e. The van der Waals surface area contributed by atoms with Crippen molar-refractivity contribution in [1.82, 2.24) is 4.90 Å². The maximum absolute atomic E-state index is 10.7. The Hall–Kier alpha value is -1.60. The molecule has 0 saturated carbocycles. The number of fused-ring (bicyclic) bond motifs is 2. The molecule has 6 nitrogen and oxygen atoms in total. The second-order valence-electron chi connectivity index (χ2n) is 6.49. The third kappa shape index (κ3) is 1.34. The molecule has 0 amide bonds. The Balaban J connectivity index is 1.79. The van der Waals surface area contributed by atoms with Gasteiger partial charge in [-0.2, -0.15) is 0 Å². The van der Waals surface area contributed by atoms with Crippen LogP contribution in [-0.4, -0.2) is 51.8 Å². The number of aliphatic hydroxyl groups is 3. The first-order chi connectivity index (χ1) is 10.6. The zero-order chi connectivity index (χ0) is 15.1. The monoisotopic (exact) mass is 303 g/mol. The average Bonchev–Trinajstić information content (AvgIpc) is 3.05. The molecule has 1 aromatic carbocycles. The molecule has 0 aromatic heterocycles. The predicted molar refractivity (Wildman–Crippen MR) is 75.5 cm³/mol. The minimum absolute atomic E-state index is 0.120. The van der Waals surface area contributed by atoms with Crippen LogP contribution in [0.15, 0.2) is 24.3 Å². The SMILES string of the molecule is OC1CN2[C@H]3C[C@H](O)C=C[C@@]13c1cc3c(cc1[C@@H]2O)OCO3. The van der Waals surface area contributed by atoms with Crippen LogP contribution in [0.5, 0.6) is 11.5 Å². The summed E-state index contributed by atoms with van der Waals surface area (Å²) >= 11 is 0. The predicted octanol–water partition coefficient (Wildman–Crippen LogP) is 0.0235. The van der Waals surface area contributed by atoms with Crippen molar-refractivity contribution >= 4 is 0 Å². The summed E-state index contributed by atoms with van der Waals surface area (Å²) in [6.07, 6.45) is 2.17. The molecule has 6 heteroatoms. The molecular weight excluding hydrogens is 286 g/mol. The minimum atomic E-state index is -0.807. The van der Waals surface area contributed by atoms with Gasteiger partial charge in [0.05, 0.1) is 17.6 Å². The number of aliphatic hydroxyl groups excluding tert-OH is 3. The van der Waals surface area contributed by atoms with Gasteiger partial charge in [-0.3, -0.25) is 4.90 Å². The summed E-state index contributed by atoms with van der Waals surface area (Å²) in [5, 5.41) is 31.4. The first-order valence-corrected chi connectivity index (χ1v) is 7.54. The lowest BCUT2D eigenvalue weighted by Gasteiger charge is -2.47. The number of hydrogen-bond donors (Lipinski definition) is 3. The van der Waals surface area contributed by atoms with Gasteiger partial charge in [0.15, 0.2) is 11.5 Å². The van der Waals surface area contributed by atoms with Gasteiger partial charge in [0, 0.05) is 18.2 Å². The van der Waals surface area contributed by atoms with Crippen LogP contribution >= 0.6 is 0 Å². The molecule has 1 fully saturated rings. The van der Waals surface area contributed by atoms with Gasteiger partial charge in [-0.1, -0.05) is 12.2 Å². The highest BCUT2D eigenvalue weighted by atomic mass is 16.7. The van der Waals surface area contributed by atoms with E-state index in [2.05, 4.69) is 0 Å². The molecule has 4 aliphatic rings. The Labute approximate surface area is 127 Å². The molecular formula is C16H17NO5. The number of rotatable bonds is 0. The van der Waals surface area contributed by atoms with Crippen LogP contribution in [0.2, 0.25) is 0 Å². The summed E-state index contributed by atoms with van der Waals surface area (Å²) in [7, 11) is 0. The highest BCUT2D eigenvalue weighted by Gasteiger charge is 2.60. The van der Waals surface area contributed by atoms with Gasteiger partial charge in [-0.15, -0.1) is 0 Å². The second-order valence-corrected chi connectivity index (χ2v) is 6.49. The third-order valence-electron chi connectivity index (χ3n) is 5.55. The average molecular weight is 303 g/mol. The molecule has 1 aromatic rings. The van der Waals surface area contributed by atoms with Crippen molar-refractivity contribution in [3.05, 3.63) is 35.4 Å². The second kappa shape index (κ2) is 4.02. The van der Waals surface area contributed by atoms with Crippen molar-refractivity contribution in [3.63, 3.8) is 0 Å². The van der Waals surface area contributed by atoms with Gasteiger partial charge < -0.3 is 24.8 Å². The molecule has 116 valence electrons. The summed E-state index contributed by atoms with van der Waals surface area (Å²) in [5.41, 5.74) is 1.02. The molecule has 1 saturated heterocycles. The number of ether oxygens (including phenoxy) is 2. The Kier molecular flexibility index (Phi) is 2.36.